The second-order valence-corrected chi connectivity index (χ2v) is 4.68. The van der Waals surface area contributed by atoms with Gasteiger partial charge >= 0.3 is 0 Å². The molecule has 1 saturated carbocycles. The lowest BCUT2D eigenvalue weighted by Gasteiger charge is -2.50. The zero-order valence-corrected chi connectivity index (χ0v) is 8.47. The van der Waals surface area contributed by atoms with E-state index in [1.54, 1.807) is 0 Å². The maximum atomic E-state index is 11.4. The molecule has 2 aliphatic rings. The number of carbonyl (C=O) groups is 1. The molecule has 0 bridgehead atoms. The number of piperazine rings is 1. The van der Waals surface area contributed by atoms with Crippen molar-refractivity contribution in [2.45, 2.75) is 44.7 Å². The van der Waals surface area contributed by atoms with Gasteiger partial charge in [-0.15, -0.1) is 0 Å². The molecule has 1 aliphatic carbocycles. The van der Waals surface area contributed by atoms with Gasteiger partial charge in [-0.3, -0.25) is 9.69 Å². The number of hydrogen-bond donors (Lipinski definition) is 1. The molecule has 3 nitrogen and oxygen atoms in total. The molecule has 0 unspecified atom stereocenters. The first kappa shape index (κ1) is 9.00. The van der Waals surface area contributed by atoms with Gasteiger partial charge in [0, 0.05) is 12.6 Å². The average molecular weight is 182 g/mol. The summed E-state index contributed by atoms with van der Waals surface area (Å²) < 4.78 is 0. The minimum atomic E-state index is 0.152. The second-order valence-electron chi connectivity index (χ2n) is 4.68. The van der Waals surface area contributed by atoms with Crippen molar-refractivity contribution < 1.29 is 4.79 Å². The van der Waals surface area contributed by atoms with Gasteiger partial charge in [-0.05, 0) is 33.1 Å². The van der Waals surface area contributed by atoms with Gasteiger partial charge in [-0.25, -0.2) is 0 Å². The van der Waals surface area contributed by atoms with Crippen molar-refractivity contribution in [3.63, 3.8) is 0 Å². The zero-order chi connectivity index (χ0) is 9.47. The Morgan fingerprint density at radius 1 is 1.46 bits per heavy atom. The molecule has 0 aromatic rings. The highest BCUT2D eigenvalue weighted by Gasteiger charge is 2.43. The summed E-state index contributed by atoms with van der Waals surface area (Å²) in [6.07, 6.45) is 3.61. The molecular formula is C10H18N2O. The molecule has 74 valence electrons. The third kappa shape index (κ3) is 1.57. The maximum absolute atomic E-state index is 11.4. The van der Waals surface area contributed by atoms with E-state index in [4.69, 9.17) is 0 Å². The van der Waals surface area contributed by atoms with E-state index in [2.05, 4.69) is 24.1 Å². The van der Waals surface area contributed by atoms with Gasteiger partial charge in [-0.2, -0.15) is 0 Å². The first-order valence-electron chi connectivity index (χ1n) is 5.16. The van der Waals surface area contributed by atoms with Crippen LogP contribution in [-0.2, 0) is 4.79 Å². The fourth-order valence-electron chi connectivity index (χ4n) is 2.26. The molecule has 0 radical (unpaired) electrons. The van der Waals surface area contributed by atoms with Crippen LogP contribution in [0.2, 0.25) is 0 Å². The normalized spacial score (nSPS) is 27.5. The van der Waals surface area contributed by atoms with Gasteiger partial charge in [0.2, 0.25) is 5.91 Å². The maximum Gasteiger partial charge on any atom is 0.234 e. The van der Waals surface area contributed by atoms with E-state index in [0.717, 1.165) is 6.54 Å². The lowest BCUT2D eigenvalue weighted by Crippen LogP contribution is -2.67. The summed E-state index contributed by atoms with van der Waals surface area (Å²) in [5.74, 6) is 0.208. The van der Waals surface area contributed by atoms with Crippen LogP contribution in [-0.4, -0.2) is 35.5 Å². The van der Waals surface area contributed by atoms with Crippen molar-refractivity contribution in [2.75, 3.05) is 13.1 Å². The van der Waals surface area contributed by atoms with Crippen molar-refractivity contribution in [3.05, 3.63) is 0 Å². The van der Waals surface area contributed by atoms with Gasteiger partial charge in [0.1, 0.15) is 0 Å². The molecule has 1 saturated heterocycles. The molecular weight excluding hydrogens is 164 g/mol. The second kappa shape index (κ2) is 2.98. The Labute approximate surface area is 79.5 Å². The Balaban J connectivity index is 2.05. The van der Waals surface area contributed by atoms with Gasteiger partial charge < -0.3 is 5.32 Å². The first-order chi connectivity index (χ1) is 6.11. The van der Waals surface area contributed by atoms with E-state index < -0.39 is 0 Å². The molecule has 1 N–H and O–H groups in total. The van der Waals surface area contributed by atoms with Crippen molar-refractivity contribution in [1.82, 2.24) is 10.2 Å². The van der Waals surface area contributed by atoms with E-state index in [1.165, 1.54) is 19.3 Å². The highest BCUT2D eigenvalue weighted by molar-refractivity contribution is 5.80. The predicted molar refractivity (Wildman–Crippen MR) is 51.4 cm³/mol. The summed E-state index contributed by atoms with van der Waals surface area (Å²) in [7, 11) is 0. The summed E-state index contributed by atoms with van der Waals surface area (Å²) in [4.78, 5) is 13.7. The van der Waals surface area contributed by atoms with E-state index in [0.29, 0.717) is 12.6 Å². The molecule has 0 aromatic carbocycles. The SMILES string of the molecule is CC(C)N1CC(=O)NC2(CCC2)C1. The van der Waals surface area contributed by atoms with Crippen molar-refractivity contribution in [1.29, 1.82) is 0 Å². The van der Waals surface area contributed by atoms with Crippen LogP contribution in [0.1, 0.15) is 33.1 Å². The van der Waals surface area contributed by atoms with Crippen LogP contribution in [0.25, 0.3) is 0 Å². The molecule has 2 fully saturated rings. The highest BCUT2D eigenvalue weighted by Crippen LogP contribution is 2.34. The van der Waals surface area contributed by atoms with E-state index in [1.807, 2.05) is 0 Å². The third-order valence-electron chi connectivity index (χ3n) is 3.30. The molecule has 0 aromatic heterocycles. The molecule has 13 heavy (non-hydrogen) atoms. The Kier molecular flexibility index (Phi) is 2.06. The van der Waals surface area contributed by atoms with E-state index >= 15 is 0 Å². The molecule has 3 heteroatoms. The summed E-state index contributed by atoms with van der Waals surface area (Å²) in [6.45, 7) is 5.95. The Bertz CT molecular complexity index is 221. The van der Waals surface area contributed by atoms with Crippen molar-refractivity contribution in [2.24, 2.45) is 0 Å². The Morgan fingerprint density at radius 3 is 2.62 bits per heavy atom. The molecule has 1 amide bonds. The molecule has 1 spiro atoms. The fourth-order valence-corrected chi connectivity index (χ4v) is 2.26. The lowest BCUT2D eigenvalue weighted by molar-refractivity contribution is -0.131. The Hall–Kier alpha value is -0.570. The van der Waals surface area contributed by atoms with Crippen LogP contribution in [0.4, 0.5) is 0 Å². The number of amides is 1. The quantitative estimate of drug-likeness (QED) is 0.649. The monoisotopic (exact) mass is 182 g/mol. The van der Waals surface area contributed by atoms with Crippen LogP contribution in [0.3, 0.4) is 0 Å². The topological polar surface area (TPSA) is 32.3 Å². The largest absolute Gasteiger partial charge is 0.348 e. The van der Waals surface area contributed by atoms with Crippen molar-refractivity contribution >= 4 is 5.91 Å². The average Bonchev–Trinajstić information content (AvgIpc) is 2.00. The summed E-state index contributed by atoms with van der Waals surface area (Å²) in [6, 6.07) is 0.489. The lowest BCUT2D eigenvalue weighted by atomic mass is 9.75. The minimum Gasteiger partial charge on any atom is -0.348 e. The number of hydrogen-bond acceptors (Lipinski definition) is 2. The van der Waals surface area contributed by atoms with Crippen LogP contribution < -0.4 is 5.32 Å². The van der Waals surface area contributed by atoms with Crippen LogP contribution in [0.15, 0.2) is 0 Å². The zero-order valence-electron chi connectivity index (χ0n) is 8.47. The summed E-state index contributed by atoms with van der Waals surface area (Å²) >= 11 is 0. The van der Waals surface area contributed by atoms with E-state index in [-0.39, 0.29) is 11.4 Å². The van der Waals surface area contributed by atoms with Crippen molar-refractivity contribution in [3.8, 4) is 0 Å². The molecule has 1 heterocycles. The molecule has 0 atom stereocenters. The minimum absolute atomic E-state index is 0.152. The number of carbonyl (C=O) groups excluding carboxylic acids is 1. The molecule has 1 aliphatic heterocycles. The highest BCUT2D eigenvalue weighted by atomic mass is 16.2. The standard InChI is InChI=1S/C10H18N2O/c1-8(2)12-6-9(13)11-10(7-12)4-3-5-10/h8H,3-7H2,1-2H3,(H,11,13). The smallest absolute Gasteiger partial charge is 0.234 e. The van der Waals surface area contributed by atoms with Gasteiger partial charge in [0.05, 0.1) is 12.1 Å². The number of nitrogens with one attached hydrogen (secondary N) is 1. The Morgan fingerprint density at radius 2 is 2.15 bits per heavy atom. The molecule has 2 rings (SSSR count). The van der Waals surface area contributed by atoms with Crippen LogP contribution in [0.5, 0.6) is 0 Å². The van der Waals surface area contributed by atoms with Gasteiger partial charge in [-0.1, -0.05) is 0 Å². The first-order valence-corrected chi connectivity index (χ1v) is 5.16. The fraction of sp³-hybridized carbons (Fsp3) is 0.900. The van der Waals surface area contributed by atoms with Crippen LogP contribution in [0, 0.1) is 0 Å². The van der Waals surface area contributed by atoms with Gasteiger partial charge in [0.25, 0.3) is 0 Å². The number of nitrogens with zero attached hydrogens (tertiary/aromatic N) is 1. The number of rotatable bonds is 1. The van der Waals surface area contributed by atoms with E-state index in [9.17, 15) is 4.79 Å². The third-order valence-corrected chi connectivity index (χ3v) is 3.30. The summed E-state index contributed by atoms with van der Waals surface area (Å²) in [5, 5.41) is 3.13. The predicted octanol–water partition coefficient (Wildman–Crippen LogP) is 0.749. The van der Waals surface area contributed by atoms with Crippen LogP contribution >= 0.6 is 0 Å². The van der Waals surface area contributed by atoms with Gasteiger partial charge in [0.15, 0.2) is 0 Å². The summed E-state index contributed by atoms with van der Waals surface area (Å²) in [5.41, 5.74) is 0.152.